The molecule has 18 nitrogen and oxygen atoms in total. The Balaban J connectivity index is 1.94. The summed E-state index contributed by atoms with van der Waals surface area (Å²) in [5, 5.41) is 57.0. The predicted molar refractivity (Wildman–Crippen MR) is 107 cm³/mol. The number of phosphoric ester groups is 2. The molecule has 34 heavy (non-hydrogen) atoms. The summed E-state index contributed by atoms with van der Waals surface area (Å²) < 4.78 is 42.6. The van der Waals surface area contributed by atoms with Crippen LogP contribution in [0.4, 0.5) is 5.82 Å². The van der Waals surface area contributed by atoms with Crippen LogP contribution in [-0.4, -0.2) is 106 Å². The number of nitrogens with two attached hydrogens (primary N) is 1. The van der Waals surface area contributed by atoms with Crippen molar-refractivity contribution >= 4 is 21.5 Å². The molecule has 1 aromatic rings. The van der Waals surface area contributed by atoms with Gasteiger partial charge in [-0.3, -0.25) is 13.6 Å². The van der Waals surface area contributed by atoms with Gasteiger partial charge in [0.05, 0.1) is 19.8 Å². The summed E-state index contributed by atoms with van der Waals surface area (Å²) >= 11 is 0. The lowest BCUT2D eigenvalue weighted by atomic mass is 10.1. The average molecular weight is 537 g/mol. The van der Waals surface area contributed by atoms with E-state index in [0.717, 1.165) is 10.8 Å². The van der Waals surface area contributed by atoms with E-state index < -0.39 is 84.0 Å². The SMILES string of the molecule is Nc1ccn([C@@H]2O[C@H](COP(=O)(O)OP(=O)(O)OC[C@H](O)[C@H](O)[C@H](O)CO)[C@@H](O)[C@H]2O)c(=O)n1. The minimum absolute atomic E-state index is 0.116. The fraction of sp³-hybridized carbons (Fsp3) is 0.714. The normalized spacial score (nSPS) is 29.2. The monoisotopic (exact) mass is 537 g/mol. The molecule has 0 spiro atoms. The smallest absolute Gasteiger partial charge is 0.394 e. The van der Waals surface area contributed by atoms with E-state index in [1.807, 2.05) is 0 Å². The highest BCUT2D eigenvalue weighted by Gasteiger charge is 2.46. The highest BCUT2D eigenvalue weighted by Crippen LogP contribution is 2.60. The summed E-state index contributed by atoms with van der Waals surface area (Å²) in [6.45, 7) is -3.07. The van der Waals surface area contributed by atoms with Gasteiger partial charge in [0.1, 0.15) is 42.4 Å². The first-order chi connectivity index (χ1) is 15.7. The highest BCUT2D eigenvalue weighted by molar-refractivity contribution is 7.61. The van der Waals surface area contributed by atoms with E-state index in [2.05, 4.69) is 18.3 Å². The maximum absolute atomic E-state index is 12.0. The third kappa shape index (κ3) is 7.58. The van der Waals surface area contributed by atoms with E-state index in [1.165, 1.54) is 6.07 Å². The van der Waals surface area contributed by atoms with Crippen molar-refractivity contribution in [3.63, 3.8) is 0 Å². The number of anilines is 1. The third-order valence-corrected chi connectivity index (χ3v) is 7.06. The largest absolute Gasteiger partial charge is 0.481 e. The summed E-state index contributed by atoms with van der Waals surface area (Å²) in [5.74, 6) is -0.116. The van der Waals surface area contributed by atoms with Gasteiger partial charge in [-0.2, -0.15) is 9.29 Å². The zero-order chi connectivity index (χ0) is 25.8. The molecule has 9 atom stereocenters. The van der Waals surface area contributed by atoms with Gasteiger partial charge in [0, 0.05) is 6.20 Å². The number of nitrogens with zero attached hydrogens (tertiary/aromatic N) is 2. The molecular weight excluding hydrogens is 512 g/mol. The van der Waals surface area contributed by atoms with Crippen LogP contribution < -0.4 is 11.4 Å². The summed E-state index contributed by atoms with van der Waals surface area (Å²) in [6, 6.07) is 1.21. The Kier molecular flexibility index (Phi) is 9.85. The van der Waals surface area contributed by atoms with E-state index >= 15 is 0 Å². The Labute approximate surface area is 190 Å². The average Bonchev–Trinajstić information content (AvgIpc) is 3.03. The van der Waals surface area contributed by atoms with E-state index in [4.69, 9.17) is 15.6 Å². The van der Waals surface area contributed by atoms with Gasteiger partial charge in [0.25, 0.3) is 0 Å². The quantitative estimate of drug-likeness (QED) is 0.114. The van der Waals surface area contributed by atoms with Crippen LogP contribution in [0.5, 0.6) is 0 Å². The number of hydrogen-bond acceptors (Lipinski definition) is 15. The molecule has 20 heteroatoms. The second kappa shape index (κ2) is 11.6. The number of rotatable bonds is 12. The number of hydrogen-bond donors (Lipinski definition) is 9. The fourth-order valence-corrected chi connectivity index (χ4v) is 4.79. The maximum atomic E-state index is 12.0. The number of ether oxygens (including phenoxy) is 1. The van der Waals surface area contributed by atoms with Gasteiger partial charge >= 0.3 is 21.3 Å². The molecule has 1 aliphatic rings. The molecule has 0 amide bonds. The second-order valence-electron chi connectivity index (χ2n) is 7.01. The van der Waals surface area contributed by atoms with Gasteiger partial charge in [-0.25, -0.2) is 13.9 Å². The van der Waals surface area contributed by atoms with E-state index in [1.54, 1.807) is 0 Å². The summed E-state index contributed by atoms with van der Waals surface area (Å²) in [5.41, 5.74) is 4.44. The Bertz CT molecular complexity index is 978. The van der Waals surface area contributed by atoms with Gasteiger partial charge < -0.3 is 50.9 Å². The Morgan fingerprint density at radius 1 is 1.12 bits per heavy atom. The third-order valence-electron chi connectivity index (χ3n) is 4.46. The lowest BCUT2D eigenvalue weighted by Gasteiger charge is -2.23. The van der Waals surface area contributed by atoms with Gasteiger partial charge in [-0.1, -0.05) is 0 Å². The summed E-state index contributed by atoms with van der Waals surface area (Å²) in [6.07, 6.45) is -11.1. The van der Waals surface area contributed by atoms with Crippen molar-refractivity contribution in [1.29, 1.82) is 0 Å². The molecule has 2 unspecified atom stereocenters. The zero-order valence-corrected chi connectivity index (χ0v) is 18.9. The van der Waals surface area contributed by atoms with Gasteiger partial charge in [0.2, 0.25) is 0 Å². The Hall–Kier alpha value is -1.34. The van der Waals surface area contributed by atoms with Crippen LogP contribution in [0, 0.1) is 0 Å². The molecule has 10 N–H and O–H groups in total. The van der Waals surface area contributed by atoms with E-state index in [-0.39, 0.29) is 5.82 Å². The molecular formula is C14H25N3O15P2. The molecule has 0 saturated carbocycles. The first kappa shape index (κ1) is 28.9. The minimum atomic E-state index is -5.38. The van der Waals surface area contributed by atoms with Gasteiger partial charge in [-0.05, 0) is 6.07 Å². The van der Waals surface area contributed by atoms with Crippen LogP contribution in [0.2, 0.25) is 0 Å². The number of nitrogen functional groups attached to an aromatic ring is 1. The summed E-state index contributed by atoms with van der Waals surface area (Å²) in [7, 11) is -10.7. The molecule has 2 heterocycles. The van der Waals surface area contributed by atoms with Crippen molar-refractivity contribution in [3.8, 4) is 0 Å². The number of aliphatic hydroxyl groups is 6. The molecule has 1 aromatic heterocycles. The molecule has 1 fully saturated rings. The first-order valence-electron chi connectivity index (χ1n) is 9.34. The van der Waals surface area contributed by atoms with Crippen molar-refractivity contribution in [2.45, 2.75) is 42.9 Å². The molecule has 0 bridgehead atoms. The second-order valence-corrected chi connectivity index (χ2v) is 10.1. The van der Waals surface area contributed by atoms with E-state index in [0.29, 0.717) is 0 Å². The molecule has 0 aliphatic carbocycles. The van der Waals surface area contributed by atoms with Gasteiger partial charge in [-0.15, -0.1) is 0 Å². The van der Waals surface area contributed by atoms with Crippen LogP contribution in [0.15, 0.2) is 17.1 Å². The van der Waals surface area contributed by atoms with Crippen molar-refractivity contribution < 1.29 is 67.7 Å². The van der Waals surface area contributed by atoms with Crippen molar-refractivity contribution in [2.24, 2.45) is 0 Å². The zero-order valence-electron chi connectivity index (χ0n) is 17.1. The topological polar surface area (TPSA) is 294 Å². The lowest BCUT2D eigenvalue weighted by Crippen LogP contribution is -2.41. The van der Waals surface area contributed by atoms with Gasteiger partial charge in [0.15, 0.2) is 6.23 Å². The standard InChI is InChI=1S/C14H25N3O15P2/c15-9-1-2-17(14(24)16-9)13-12(23)11(22)8(31-13)5-30-34(27,28)32-33(25,26)29-4-7(20)10(21)6(19)3-18/h1-2,6-8,10-13,18-23H,3-5H2,(H,25,26)(H,27,28)(H2,15,16,24)/t6-,7+,8-,10-,11-,12-,13-/m1/s1. The van der Waals surface area contributed by atoms with Crippen molar-refractivity contribution in [3.05, 3.63) is 22.7 Å². The molecule has 2 rings (SSSR count). The van der Waals surface area contributed by atoms with Crippen LogP contribution in [0.3, 0.4) is 0 Å². The first-order valence-corrected chi connectivity index (χ1v) is 12.3. The van der Waals surface area contributed by atoms with Crippen molar-refractivity contribution in [1.82, 2.24) is 9.55 Å². The van der Waals surface area contributed by atoms with Crippen molar-refractivity contribution in [2.75, 3.05) is 25.6 Å². The van der Waals surface area contributed by atoms with Crippen LogP contribution in [0.25, 0.3) is 0 Å². The molecule has 0 radical (unpaired) electrons. The Morgan fingerprint density at radius 2 is 1.74 bits per heavy atom. The van der Waals surface area contributed by atoms with Crippen LogP contribution >= 0.6 is 15.6 Å². The Morgan fingerprint density at radius 3 is 2.32 bits per heavy atom. The minimum Gasteiger partial charge on any atom is -0.394 e. The van der Waals surface area contributed by atoms with Crippen LogP contribution in [-0.2, 0) is 27.2 Å². The molecule has 0 aromatic carbocycles. The predicted octanol–water partition coefficient (Wildman–Crippen LogP) is -4.23. The molecule has 1 aliphatic heterocycles. The molecule has 196 valence electrons. The number of phosphoric acid groups is 2. The molecule has 1 saturated heterocycles. The van der Waals surface area contributed by atoms with E-state index in [9.17, 15) is 49.2 Å². The number of aliphatic hydroxyl groups excluding tert-OH is 6. The van der Waals surface area contributed by atoms with Crippen LogP contribution in [0.1, 0.15) is 6.23 Å². The lowest BCUT2D eigenvalue weighted by molar-refractivity contribution is -0.0891. The fourth-order valence-electron chi connectivity index (χ4n) is 2.69. The maximum Gasteiger partial charge on any atom is 0.481 e. The number of aromatic nitrogens is 2. The highest BCUT2D eigenvalue weighted by atomic mass is 31.3. The summed E-state index contributed by atoms with van der Waals surface area (Å²) in [4.78, 5) is 34.5.